The number of carbonyl (C=O) groups is 2. The van der Waals surface area contributed by atoms with Crippen LogP contribution in [0.25, 0.3) is 0 Å². The molecule has 1 radical (unpaired) electrons. The van der Waals surface area contributed by atoms with Gasteiger partial charge in [-0.05, 0) is 32.9 Å². The first kappa shape index (κ1) is 15.2. The smallest absolute Gasteiger partial charge is 0.412 e. The summed E-state index contributed by atoms with van der Waals surface area (Å²) in [7, 11) is 0. The minimum atomic E-state index is -0.742. The third-order valence-electron chi connectivity index (χ3n) is 1.85. The van der Waals surface area contributed by atoms with Gasteiger partial charge in [-0.2, -0.15) is 0 Å². The first-order valence-electron chi connectivity index (χ1n) is 5.50. The first-order valence-corrected chi connectivity index (χ1v) is 5.90. The fourth-order valence-electron chi connectivity index (χ4n) is 1.19. The number of primary amides is 1. The zero-order valence-corrected chi connectivity index (χ0v) is 11.8. The number of nitrogens with one attached hydrogen (secondary N) is 1. The average Bonchev–Trinajstić information content (AvgIpc) is 2.25. The lowest BCUT2D eigenvalue weighted by Crippen LogP contribution is -2.28. The Morgan fingerprint density at radius 2 is 2.05 bits per heavy atom. The van der Waals surface area contributed by atoms with Gasteiger partial charge in [0.25, 0.3) is 0 Å². The number of carbonyl (C=O) groups excluding carboxylic acids is 2. The molecule has 0 aromatic heterocycles. The van der Waals surface area contributed by atoms with Crippen LogP contribution >= 0.6 is 12.8 Å². The van der Waals surface area contributed by atoms with E-state index in [2.05, 4.69) is 24.2 Å². The number of amides is 3. The van der Waals surface area contributed by atoms with Crippen molar-refractivity contribution in [2.24, 2.45) is 5.73 Å². The van der Waals surface area contributed by atoms with Gasteiger partial charge in [0.15, 0.2) is 0 Å². The van der Waals surface area contributed by atoms with Gasteiger partial charge < -0.3 is 10.5 Å². The number of nitrogens with zero attached hydrogens (tertiary/aromatic N) is 1. The number of urea groups is 1. The van der Waals surface area contributed by atoms with E-state index in [9.17, 15) is 9.59 Å². The summed E-state index contributed by atoms with van der Waals surface area (Å²) < 4.78 is 6.01. The molecule has 0 spiro atoms. The maximum absolute atomic E-state index is 11.6. The molecule has 0 bridgehead atoms. The fraction of sp³-hybridized carbons (Fsp3) is 0.333. The molecule has 0 fully saturated rings. The minimum Gasteiger partial charge on any atom is -0.444 e. The molecule has 0 saturated carbocycles. The van der Waals surface area contributed by atoms with Crippen molar-refractivity contribution in [3.05, 3.63) is 24.3 Å². The maximum atomic E-state index is 11.6. The molecule has 0 aliphatic carbocycles. The number of hydrogen-bond donors (Lipinski definition) is 3. The number of thiol groups is 1. The molecule has 3 N–H and O–H groups in total. The third-order valence-corrected chi connectivity index (χ3v) is 2.26. The molecule has 0 heterocycles. The van der Waals surface area contributed by atoms with Crippen molar-refractivity contribution in [2.75, 3.05) is 9.62 Å². The van der Waals surface area contributed by atoms with Crippen LogP contribution in [0.5, 0.6) is 0 Å². The van der Waals surface area contributed by atoms with E-state index < -0.39 is 17.7 Å². The van der Waals surface area contributed by atoms with Crippen molar-refractivity contribution in [1.29, 1.82) is 0 Å². The van der Waals surface area contributed by atoms with Crippen LogP contribution in [-0.4, -0.2) is 17.7 Å². The van der Waals surface area contributed by atoms with E-state index in [-0.39, 0.29) is 0 Å². The third kappa shape index (κ3) is 5.09. The Kier molecular flexibility index (Phi) is 4.66. The number of rotatable bonds is 2. The van der Waals surface area contributed by atoms with E-state index in [1.807, 2.05) is 0 Å². The van der Waals surface area contributed by atoms with Gasteiger partial charge in [-0.25, -0.2) is 13.9 Å². The average molecular weight is 282 g/mol. The largest absolute Gasteiger partial charge is 0.444 e. The fourth-order valence-corrected chi connectivity index (χ4v) is 1.30. The highest BCUT2D eigenvalue weighted by Crippen LogP contribution is 2.20. The minimum absolute atomic E-state index is 0.324. The highest BCUT2D eigenvalue weighted by Gasteiger charge is 2.16. The SMILES string of the molecule is CC(C)(C)OC(=O)Nc1[c]c(N(S)C(N)=O)ccc1. The van der Waals surface area contributed by atoms with Crippen LogP contribution in [0.2, 0.25) is 0 Å². The van der Waals surface area contributed by atoms with Gasteiger partial charge in [0.05, 0.1) is 11.4 Å². The Morgan fingerprint density at radius 3 is 2.58 bits per heavy atom. The Morgan fingerprint density at radius 1 is 1.42 bits per heavy atom. The summed E-state index contributed by atoms with van der Waals surface area (Å²) in [6.45, 7) is 5.28. The van der Waals surface area contributed by atoms with Crippen LogP contribution in [0.15, 0.2) is 18.2 Å². The van der Waals surface area contributed by atoms with E-state index in [0.29, 0.717) is 11.4 Å². The molecule has 1 aromatic rings. The monoisotopic (exact) mass is 282 g/mol. The summed E-state index contributed by atoms with van der Waals surface area (Å²) in [6, 6.07) is 6.86. The summed E-state index contributed by atoms with van der Waals surface area (Å²) in [4.78, 5) is 22.5. The van der Waals surface area contributed by atoms with Crippen LogP contribution in [0.4, 0.5) is 21.0 Å². The Bertz CT molecular complexity index is 485. The number of anilines is 2. The van der Waals surface area contributed by atoms with Gasteiger partial charge in [0.1, 0.15) is 5.60 Å². The van der Waals surface area contributed by atoms with E-state index in [0.717, 1.165) is 4.31 Å². The molecule has 0 saturated heterocycles. The van der Waals surface area contributed by atoms with E-state index in [1.54, 1.807) is 39.0 Å². The van der Waals surface area contributed by atoms with Crippen LogP contribution in [0.3, 0.4) is 0 Å². The van der Waals surface area contributed by atoms with Gasteiger partial charge in [-0.15, -0.1) is 0 Å². The highest BCUT2D eigenvalue weighted by atomic mass is 32.1. The molecule has 0 aliphatic heterocycles. The van der Waals surface area contributed by atoms with Crippen molar-refractivity contribution in [3.8, 4) is 0 Å². The van der Waals surface area contributed by atoms with E-state index in [4.69, 9.17) is 10.5 Å². The molecule has 103 valence electrons. The van der Waals surface area contributed by atoms with Crippen LogP contribution in [0, 0.1) is 6.07 Å². The lowest BCUT2D eigenvalue weighted by molar-refractivity contribution is 0.0636. The maximum Gasteiger partial charge on any atom is 0.412 e. The second-order valence-electron chi connectivity index (χ2n) is 4.73. The molecule has 1 aromatic carbocycles. The van der Waals surface area contributed by atoms with Gasteiger partial charge in [-0.3, -0.25) is 5.32 Å². The molecular weight excluding hydrogens is 266 g/mol. The Labute approximate surface area is 117 Å². The first-order chi connectivity index (χ1) is 8.69. The van der Waals surface area contributed by atoms with Crippen molar-refractivity contribution >= 4 is 36.3 Å². The quantitative estimate of drug-likeness (QED) is 0.729. The molecule has 6 nitrogen and oxygen atoms in total. The molecule has 0 aliphatic rings. The van der Waals surface area contributed by atoms with Gasteiger partial charge in [-0.1, -0.05) is 18.9 Å². The number of nitrogens with two attached hydrogens (primary N) is 1. The summed E-state index contributed by atoms with van der Waals surface area (Å²) in [5.41, 5.74) is 5.17. The van der Waals surface area contributed by atoms with Crippen molar-refractivity contribution in [2.45, 2.75) is 26.4 Å². The predicted molar refractivity (Wildman–Crippen MR) is 76.2 cm³/mol. The van der Waals surface area contributed by atoms with Crippen LogP contribution in [0.1, 0.15) is 20.8 Å². The second kappa shape index (κ2) is 5.83. The van der Waals surface area contributed by atoms with E-state index >= 15 is 0 Å². The van der Waals surface area contributed by atoms with Crippen molar-refractivity contribution < 1.29 is 14.3 Å². The lowest BCUT2D eigenvalue weighted by atomic mass is 10.2. The molecule has 0 atom stereocenters. The lowest BCUT2D eigenvalue weighted by Gasteiger charge is -2.20. The van der Waals surface area contributed by atoms with Gasteiger partial charge in [0.2, 0.25) is 0 Å². The van der Waals surface area contributed by atoms with E-state index in [1.165, 1.54) is 0 Å². The number of hydrogen-bond acceptors (Lipinski definition) is 4. The molecule has 0 unspecified atom stereocenters. The van der Waals surface area contributed by atoms with Gasteiger partial charge in [0, 0.05) is 6.07 Å². The standard InChI is InChI=1S/C12H16N3O3S/c1-12(2,3)18-11(17)14-8-5-4-6-9(7-8)15(19)10(13)16/h4-6,19H,1-3H3,(H2,13,16)(H,14,17). The second-order valence-corrected chi connectivity index (χ2v) is 5.13. The summed E-state index contributed by atoms with van der Waals surface area (Å²) in [5, 5.41) is 2.50. The molecule has 3 amide bonds. The molecule has 7 heteroatoms. The molecule has 19 heavy (non-hydrogen) atoms. The Balaban J connectivity index is 2.78. The normalized spacial score (nSPS) is 10.7. The van der Waals surface area contributed by atoms with Crippen LogP contribution < -0.4 is 15.4 Å². The summed E-state index contributed by atoms with van der Waals surface area (Å²) in [5.74, 6) is 0. The highest BCUT2D eigenvalue weighted by molar-refractivity contribution is 7.82. The molecule has 1 rings (SSSR count). The number of ether oxygens (including phenoxy) is 1. The predicted octanol–water partition coefficient (Wildman–Crippen LogP) is 2.56. The van der Waals surface area contributed by atoms with Gasteiger partial charge >= 0.3 is 12.1 Å². The summed E-state index contributed by atoms with van der Waals surface area (Å²) >= 11 is 3.90. The topological polar surface area (TPSA) is 84.7 Å². The Hall–Kier alpha value is -1.89. The zero-order chi connectivity index (χ0) is 14.6. The zero-order valence-electron chi connectivity index (χ0n) is 10.9. The number of benzene rings is 1. The molecular formula is C12H16N3O3S. The van der Waals surface area contributed by atoms with Crippen LogP contribution in [-0.2, 0) is 4.74 Å². The summed E-state index contributed by atoms with van der Waals surface area (Å²) in [6.07, 6.45) is -0.606. The van der Waals surface area contributed by atoms with Crippen molar-refractivity contribution in [1.82, 2.24) is 0 Å². The van der Waals surface area contributed by atoms with Crippen molar-refractivity contribution in [3.63, 3.8) is 0 Å².